The monoisotopic (exact) mass is 269 g/mol. The summed E-state index contributed by atoms with van der Waals surface area (Å²) < 4.78 is 31.3. The molecule has 0 N–H and O–H groups in total. The van der Waals surface area contributed by atoms with Crippen molar-refractivity contribution in [3.63, 3.8) is 0 Å². The van der Waals surface area contributed by atoms with Gasteiger partial charge in [-0.05, 0) is 12.0 Å². The molecule has 1 saturated heterocycles. The molecule has 100 valence electrons. The van der Waals surface area contributed by atoms with Crippen LogP contribution < -0.4 is 0 Å². The highest BCUT2D eigenvalue weighted by Crippen LogP contribution is 2.23. The van der Waals surface area contributed by atoms with E-state index in [9.17, 15) is 8.42 Å². The Balaban J connectivity index is 2.10. The van der Waals surface area contributed by atoms with E-state index in [0.717, 1.165) is 5.56 Å². The molecule has 0 amide bonds. The molecule has 0 spiro atoms. The maximum atomic E-state index is 12.0. The Kier molecular flexibility index (Phi) is 4.37. The molecule has 0 aromatic heterocycles. The third-order valence-electron chi connectivity index (χ3n) is 3.06. The van der Waals surface area contributed by atoms with Gasteiger partial charge < -0.3 is 4.74 Å². The summed E-state index contributed by atoms with van der Waals surface area (Å²) in [6.45, 7) is 3.23. The van der Waals surface area contributed by atoms with Crippen molar-refractivity contribution in [2.24, 2.45) is 0 Å². The second kappa shape index (κ2) is 5.82. The van der Waals surface area contributed by atoms with Crippen LogP contribution in [0, 0.1) is 0 Å². The number of morpholine rings is 1. The van der Waals surface area contributed by atoms with Crippen LogP contribution in [0.1, 0.15) is 25.0 Å². The van der Waals surface area contributed by atoms with Crippen LogP contribution in [0.2, 0.25) is 0 Å². The van der Waals surface area contributed by atoms with Crippen molar-refractivity contribution in [3.05, 3.63) is 35.9 Å². The molecule has 1 heterocycles. The van der Waals surface area contributed by atoms with E-state index in [4.69, 9.17) is 4.74 Å². The summed E-state index contributed by atoms with van der Waals surface area (Å²) in [6, 6.07) is 9.77. The molecule has 1 fully saturated rings. The standard InChI is InChI=1S/C13H19NO3S/c1-2-10-18(15,16)14-8-9-17-13(11-14)12-6-4-3-5-7-12/h3-7,13H,2,8-11H2,1H3/t13-/m1/s1. The zero-order valence-electron chi connectivity index (χ0n) is 10.6. The Morgan fingerprint density at radius 2 is 2.06 bits per heavy atom. The number of hydrogen-bond donors (Lipinski definition) is 0. The summed E-state index contributed by atoms with van der Waals surface area (Å²) >= 11 is 0. The lowest BCUT2D eigenvalue weighted by Crippen LogP contribution is -2.43. The van der Waals surface area contributed by atoms with Crippen molar-refractivity contribution >= 4 is 10.0 Å². The number of rotatable bonds is 4. The van der Waals surface area contributed by atoms with Crippen LogP contribution in [0.3, 0.4) is 0 Å². The normalized spacial score (nSPS) is 21.9. The summed E-state index contributed by atoms with van der Waals surface area (Å²) in [5.74, 6) is 0.217. The van der Waals surface area contributed by atoms with Crippen LogP contribution in [0.25, 0.3) is 0 Å². The van der Waals surface area contributed by atoms with Crippen LogP contribution in [-0.4, -0.2) is 38.2 Å². The van der Waals surface area contributed by atoms with Gasteiger partial charge >= 0.3 is 0 Å². The summed E-state index contributed by atoms with van der Waals surface area (Å²) in [5, 5.41) is 0. The zero-order valence-corrected chi connectivity index (χ0v) is 11.4. The summed E-state index contributed by atoms with van der Waals surface area (Å²) in [4.78, 5) is 0. The van der Waals surface area contributed by atoms with Gasteiger partial charge in [-0.3, -0.25) is 0 Å². The molecule has 1 aromatic rings. The second-order valence-corrected chi connectivity index (χ2v) is 6.53. The van der Waals surface area contributed by atoms with Crippen LogP contribution in [0.5, 0.6) is 0 Å². The van der Waals surface area contributed by atoms with Gasteiger partial charge in [0.1, 0.15) is 0 Å². The quantitative estimate of drug-likeness (QED) is 0.837. The van der Waals surface area contributed by atoms with Crippen molar-refractivity contribution in [3.8, 4) is 0 Å². The fourth-order valence-corrected chi connectivity index (χ4v) is 3.62. The lowest BCUT2D eigenvalue weighted by Gasteiger charge is -2.32. The molecule has 5 heteroatoms. The average molecular weight is 269 g/mol. The molecule has 0 unspecified atom stereocenters. The van der Waals surface area contributed by atoms with Crippen molar-refractivity contribution in [2.75, 3.05) is 25.4 Å². The number of sulfonamides is 1. The van der Waals surface area contributed by atoms with Gasteiger partial charge in [-0.1, -0.05) is 37.3 Å². The second-order valence-electron chi connectivity index (χ2n) is 4.44. The van der Waals surface area contributed by atoms with Crippen LogP contribution in [0.15, 0.2) is 30.3 Å². The summed E-state index contributed by atoms with van der Waals surface area (Å²) in [7, 11) is -3.12. The SMILES string of the molecule is CCCS(=O)(=O)N1CCO[C@@H](c2ccccc2)C1. The number of ether oxygens (including phenoxy) is 1. The molecule has 2 rings (SSSR count). The first kappa shape index (κ1) is 13.5. The Bertz CT molecular complexity index is 472. The van der Waals surface area contributed by atoms with E-state index in [1.165, 1.54) is 0 Å². The number of hydrogen-bond acceptors (Lipinski definition) is 3. The largest absolute Gasteiger partial charge is 0.371 e. The number of nitrogens with zero attached hydrogens (tertiary/aromatic N) is 1. The molecular weight excluding hydrogens is 250 g/mol. The van der Waals surface area contributed by atoms with Gasteiger partial charge in [0.05, 0.1) is 18.5 Å². The summed E-state index contributed by atoms with van der Waals surface area (Å²) in [6.07, 6.45) is 0.502. The predicted octanol–water partition coefficient (Wildman–Crippen LogP) is 1.80. The van der Waals surface area contributed by atoms with Crippen molar-refractivity contribution < 1.29 is 13.2 Å². The molecular formula is C13H19NO3S. The van der Waals surface area contributed by atoms with Gasteiger partial charge in [0, 0.05) is 13.1 Å². The van der Waals surface area contributed by atoms with Crippen LogP contribution in [-0.2, 0) is 14.8 Å². The highest BCUT2D eigenvalue weighted by Gasteiger charge is 2.29. The van der Waals surface area contributed by atoms with Crippen LogP contribution >= 0.6 is 0 Å². The van der Waals surface area contributed by atoms with E-state index in [-0.39, 0.29) is 11.9 Å². The minimum Gasteiger partial charge on any atom is -0.371 e. The molecule has 18 heavy (non-hydrogen) atoms. The molecule has 1 atom stereocenters. The molecule has 4 nitrogen and oxygen atoms in total. The highest BCUT2D eigenvalue weighted by atomic mass is 32.2. The minimum atomic E-state index is -3.12. The predicted molar refractivity (Wildman–Crippen MR) is 70.8 cm³/mol. The summed E-state index contributed by atoms with van der Waals surface area (Å²) in [5.41, 5.74) is 1.04. The third-order valence-corrected chi connectivity index (χ3v) is 5.10. The van der Waals surface area contributed by atoms with Crippen molar-refractivity contribution in [1.29, 1.82) is 0 Å². The fraction of sp³-hybridized carbons (Fsp3) is 0.538. The molecule has 0 radical (unpaired) electrons. The first-order valence-electron chi connectivity index (χ1n) is 6.28. The average Bonchev–Trinajstić information content (AvgIpc) is 2.40. The fourth-order valence-electron chi connectivity index (χ4n) is 2.13. The van der Waals surface area contributed by atoms with Crippen LogP contribution in [0.4, 0.5) is 0 Å². The van der Waals surface area contributed by atoms with E-state index in [1.54, 1.807) is 4.31 Å². The Labute approximate surface area is 109 Å². The van der Waals surface area contributed by atoms with E-state index in [0.29, 0.717) is 26.1 Å². The van der Waals surface area contributed by atoms with Gasteiger partial charge in [0.15, 0.2) is 0 Å². The van der Waals surface area contributed by atoms with Gasteiger partial charge in [0.25, 0.3) is 0 Å². The topological polar surface area (TPSA) is 46.6 Å². The molecule has 1 aliphatic heterocycles. The lowest BCUT2D eigenvalue weighted by molar-refractivity contribution is -0.00253. The molecule has 0 bridgehead atoms. The maximum Gasteiger partial charge on any atom is 0.214 e. The van der Waals surface area contributed by atoms with E-state index >= 15 is 0 Å². The van der Waals surface area contributed by atoms with Gasteiger partial charge in [-0.25, -0.2) is 8.42 Å². The Morgan fingerprint density at radius 1 is 1.33 bits per heavy atom. The first-order valence-corrected chi connectivity index (χ1v) is 7.89. The van der Waals surface area contributed by atoms with Crippen molar-refractivity contribution in [2.45, 2.75) is 19.4 Å². The molecule has 0 aliphatic carbocycles. The van der Waals surface area contributed by atoms with Gasteiger partial charge in [-0.2, -0.15) is 4.31 Å². The number of benzene rings is 1. The third kappa shape index (κ3) is 3.10. The Morgan fingerprint density at radius 3 is 2.72 bits per heavy atom. The first-order chi connectivity index (χ1) is 8.63. The highest BCUT2D eigenvalue weighted by molar-refractivity contribution is 7.89. The zero-order chi connectivity index (χ0) is 13.0. The van der Waals surface area contributed by atoms with Crippen molar-refractivity contribution in [1.82, 2.24) is 4.31 Å². The van der Waals surface area contributed by atoms with Gasteiger partial charge in [0.2, 0.25) is 10.0 Å². The molecule has 1 aliphatic rings. The lowest BCUT2D eigenvalue weighted by atomic mass is 10.1. The smallest absolute Gasteiger partial charge is 0.214 e. The maximum absolute atomic E-state index is 12.0. The van der Waals surface area contributed by atoms with E-state index in [1.807, 2.05) is 37.3 Å². The minimum absolute atomic E-state index is 0.147. The van der Waals surface area contributed by atoms with E-state index in [2.05, 4.69) is 0 Å². The molecule has 0 saturated carbocycles. The van der Waals surface area contributed by atoms with E-state index < -0.39 is 10.0 Å². The molecule has 1 aromatic carbocycles. The van der Waals surface area contributed by atoms with Gasteiger partial charge in [-0.15, -0.1) is 0 Å². The Hall–Kier alpha value is -0.910.